The van der Waals surface area contributed by atoms with Crippen LogP contribution in [0.5, 0.6) is 5.75 Å². The van der Waals surface area contributed by atoms with Gasteiger partial charge in [-0.15, -0.1) is 0 Å². The van der Waals surface area contributed by atoms with Crippen molar-refractivity contribution >= 4 is 27.5 Å². The van der Waals surface area contributed by atoms with E-state index in [0.717, 1.165) is 33.2 Å². The number of nitrogens with zero attached hydrogens (tertiary/aromatic N) is 1. The second-order valence-corrected chi connectivity index (χ2v) is 4.23. The van der Waals surface area contributed by atoms with E-state index in [1.807, 2.05) is 43.3 Å². The first kappa shape index (κ1) is 10.8. The highest BCUT2D eigenvalue weighted by atomic mass is 16.5. The zero-order chi connectivity index (χ0) is 12.5. The molecule has 90 valence electrons. The summed E-state index contributed by atoms with van der Waals surface area (Å²) < 4.78 is 5.50. The number of rotatable bonds is 2. The van der Waals surface area contributed by atoms with E-state index < -0.39 is 0 Å². The second kappa shape index (κ2) is 4.18. The molecule has 0 spiro atoms. The Kier molecular flexibility index (Phi) is 2.52. The van der Waals surface area contributed by atoms with Crippen LogP contribution in [0.15, 0.2) is 42.5 Å². The van der Waals surface area contributed by atoms with E-state index in [9.17, 15) is 0 Å². The number of fused-ring (bicyclic) bond motifs is 2. The molecule has 0 bridgehead atoms. The van der Waals surface area contributed by atoms with Crippen molar-refractivity contribution in [3.8, 4) is 5.75 Å². The number of nitrogen functional groups attached to an aromatic ring is 1. The van der Waals surface area contributed by atoms with E-state index in [4.69, 9.17) is 10.5 Å². The molecule has 1 aromatic heterocycles. The van der Waals surface area contributed by atoms with Crippen molar-refractivity contribution < 1.29 is 4.74 Å². The van der Waals surface area contributed by atoms with Gasteiger partial charge in [0.05, 0.1) is 17.6 Å². The topological polar surface area (TPSA) is 48.1 Å². The number of aromatic nitrogens is 1. The minimum atomic E-state index is 0.670. The lowest BCUT2D eigenvalue weighted by Crippen LogP contribution is -1.92. The smallest absolute Gasteiger partial charge is 0.120 e. The van der Waals surface area contributed by atoms with Crippen LogP contribution in [0.3, 0.4) is 0 Å². The van der Waals surface area contributed by atoms with Gasteiger partial charge in [-0.05, 0) is 43.3 Å². The first-order chi connectivity index (χ1) is 8.76. The number of ether oxygens (including phenoxy) is 1. The summed E-state index contributed by atoms with van der Waals surface area (Å²) in [6, 6.07) is 13.8. The number of benzene rings is 2. The number of anilines is 1. The van der Waals surface area contributed by atoms with E-state index in [0.29, 0.717) is 6.61 Å². The molecular weight excluding hydrogens is 224 g/mol. The van der Waals surface area contributed by atoms with Crippen molar-refractivity contribution in [2.75, 3.05) is 12.3 Å². The number of pyridine rings is 1. The SMILES string of the molecule is CCOc1ccc2nc3cc(N)ccc3cc2c1. The van der Waals surface area contributed by atoms with Crippen molar-refractivity contribution in [1.29, 1.82) is 0 Å². The number of nitrogens with two attached hydrogens (primary N) is 1. The molecule has 2 aromatic carbocycles. The predicted octanol–water partition coefficient (Wildman–Crippen LogP) is 3.37. The summed E-state index contributed by atoms with van der Waals surface area (Å²) in [4.78, 5) is 4.60. The summed E-state index contributed by atoms with van der Waals surface area (Å²) in [6.45, 7) is 2.65. The minimum Gasteiger partial charge on any atom is -0.494 e. The van der Waals surface area contributed by atoms with Crippen LogP contribution in [-0.2, 0) is 0 Å². The summed E-state index contributed by atoms with van der Waals surface area (Å²) >= 11 is 0. The van der Waals surface area contributed by atoms with Crippen molar-refractivity contribution in [2.24, 2.45) is 0 Å². The third kappa shape index (κ3) is 1.84. The monoisotopic (exact) mass is 238 g/mol. The Morgan fingerprint density at radius 3 is 2.72 bits per heavy atom. The van der Waals surface area contributed by atoms with Crippen LogP contribution in [0.25, 0.3) is 21.8 Å². The van der Waals surface area contributed by atoms with Crippen molar-refractivity contribution in [3.05, 3.63) is 42.5 Å². The summed E-state index contributed by atoms with van der Waals surface area (Å²) in [6.07, 6.45) is 0. The summed E-state index contributed by atoms with van der Waals surface area (Å²) in [5, 5.41) is 2.17. The van der Waals surface area contributed by atoms with Gasteiger partial charge in [0.1, 0.15) is 5.75 Å². The van der Waals surface area contributed by atoms with Gasteiger partial charge in [-0.3, -0.25) is 0 Å². The molecule has 0 aliphatic carbocycles. The van der Waals surface area contributed by atoms with Gasteiger partial charge < -0.3 is 10.5 Å². The molecule has 0 radical (unpaired) electrons. The molecule has 3 aromatic rings. The average molecular weight is 238 g/mol. The van der Waals surface area contributed by atoms with E-state index in [1.165, 1.54) is 0 Å². The third-order valence-corrected chi connectivity index (χ3v) is 2.92. The van der Waals surface area contributed by atoms with Crippen molar-refractivity contribution in [2.45, 2.75) is 6.92 Å². The van der Waals surface area contributed by atoms with Gasteiger partial charge in [-0.2, -0.15) is 0 Å². The van der Waals surface area contributed by atoms with Gasteiger partial charge in [0, 0.05) is 16.5 Å². The van der Waals surface area contributed by atoms with E-state index in [1.54, 1.807) is 0 Å². The molecular formula is C15H14N2O. The van der Waals surface area contributed by atoms with Crippen LogP contribution in [-0.4, -0.2) is 11.6 Å². The van der Waals surface area contributed by atoms with Crippen molar-refractivity contribution in [3.63, 3.8) is 0 Å². The first-order valence-electron chi connectivity index (χ1n) is 5.99. The minimum absolute atomic E-state index is 0.670. The molecule has 0 aliphatic rings. The summed E-state index contributed by atoms with van der Waals surface area (Å²) in [5.41, 5.74) is 8.39. The Hall–Kier alpha value is -2.29. The number of hydrogen-bond donors (Lipinski definition) is 1. The second-order valence-electron chi connectivity index (χ2n) is 4.23. The zero-order valence-electron chi connectivity index (χ0n) is 10.2. The maximum absolute atomic E-state index is 5.77. The summed E-state index contributed by atoms with van der Waals surface area (Å²) in [5.74, 6) is 0.876. The lowest BCUT2D eigenvalue weighted by atomic mass is 10.1. The molecule has 0 atom stereocenters. The highest BCUT2D eigenvalue weighted by Gasteiger charge is 2.02. The molecule has 0 unspecified atom stereocenters. The lowest BCUT2D eigenvalue weighted by molar-refractivity contribution is 0.340. The van der Waals surface area contributed by atoms with Crippen molar-refractivity contribution in [1.82, 2.24) is 4.98 Å². The molecule has 0 saturated carbocycles. The van der Waals surface area contributed by atoms with Gasteiger partial charge in [0.2, 0.25) is 0 Å². The van der Waals surface area contributed by atoms with Gasteiger partial charge in [0.25, 0.3) is 0 Å². The standard InChI is InChI=1S/C15H14N2O/c1-2-18-13-5-6-14-11(8-13)7-10-3-4-12(16)9-15(10)17-14/h3-9H,2,16H2,1H3. The molecule has 1 heterocycles. The number of hydrogen-bond acceptors (Lipinski definition) is 3. The molecule has 18 heavy (non-hydrogen) atoms. The molecule has 3 rings (SSSR count). The highest BCUT2D eigenvalue weighted by molar-refractivity contribution is 5.94. The van der Waals surface area contributed by atoms with Gasteiger partial charge in [-0.25, -0.2) is 4.98 Å². The van der Waals surface area contributed by atoms with E-state index >= 15 is 0 Å². The normalized spacial score (nSPS) is 10.9. The third-order valence-electron chi connectivity index (χ3n) is 2.92. The average Bonchev–Trinajstić information content (AvgIpc) is 2.37. The lowest BCUT2D eigenvalue weighted by Gasteiger charge is -2.06. The van der Waals surface area contributed by atoms with Crippen LogP contribution in [0, 0.1) is 0 Å². The molecule has 3 nitrogen and oxygen atoms in total. The van der Waals surface area contributed by atoms with E-state index in [-0.39, 0.29) is 0 Å². The Bertz CT molecular complexity index is 722. The largest absolute Gasteiger partial charge is 0.494 e. The first-order valence-corrected chi connectivity index (χ1v) is 5.99. The van der Waals surface area contributed by atoms with Gasteiger partial charge >= 0.3 is 0 Å². The van der Waals surface area contributed by atoms with Crippen LogP contribution in [0.4, 0.5) is 5.69 Å². The fourth-order valence-electron chi connectivity index (χ4n) is 2.08. The molecule has 0 saturated heterocycles. The Balaban J connectivity index is 2.24. The summed E-state index contributed by atoms with van der Waals surface area (Å²) in [7, 11) is 0. The fourth-order valence-corrected chi connectivity index (χ4v) is 2.08. The Morgan fingerprint density at radius 2 is 1.89 bits per heavy atom. The Morgan fingerprint density at radius 1 is 1.00 bits per heavy atom. The van der Waals surface area contributed by atoms with Crippen LogP contribution < -0.4 is 10.5 Å². The zero-order valence-corrected chi connectivity index (χ0v) is 10.2. The highest BCUT2D eigenvalue weighted by Crippen LogP contribution is 2.24. The molecule has 2 N–H and O–H groups in total. The maximum atomic E-state index is 5.77. The fraction of sp³-hybridized carbons (Fsp3) is 0.133. The van der Waals surface area contributed by atoms with Crippen LogP contribution in [0.1, 0.15) is 6.92 Å². The predicted molar refractivity (Wildman–Crippen MR) is 74.8 cm³/mol. The van der Waals surface area contributed by atoms with E-state index in [2.05, 4.69) is 11.1 Å². The quantitative estimate of drug-likeness (QED) is 0.550. The van der Waals surface area contributed by atoms with Gasteiger partial charge in [0.15, 0.2) is 0 Å². The maximum Gasteiger partial charge on any atom is 0.120 e. The Labute approximate surface area is 105 Å². The molecule has 0 aliphatic heterocycles. The van der Waals surface area contributed by atoms with Crippen LogP contribution >= 0.6 is 0 Å². The molecule has 3 heteroatoms. The van der Waals surface area contributed by atoms with Crippen LogP contribution in [0.2, 0.25) is 0 Å². The molecule has 0 amide bonds. The van der Waals surface area contributed by atoms with Gasteiger partial charge in [-0.1, -0.05) is 6.07 Å². The molecule has 0 fully saturated rings.